The predicted molar refractivity (Wildman–Crippen MR) is 86.9 cm³/mol. The minimum Gasteiger partial charge on any atom is -0.310 e. The van der Waals surface area contributed by atoms with E-state index >= 15 is 0 Å². The first kappa shape index (κ1) is 16.4. The van der Waals surface area contributed by atoms with Crippen LogP contribution < -0.4 is 5.32 Å². The maximum atomic E-state index is 12.5. The van der Waals surface area contributed by atoms with Crippen molar-refractivity contribution in [1.82, 2.24) is 13.6 Å². The van der Waals surface area contributed by atoms with Gasteiger partial charge in [-0.2, -0.15) is 17.0 Å². The number of hydrogen-bond donors (Lipinski definition) is 1. The van der Waals surface area contributed by atoms with Crippen molar-refractivity contribution >= 4 is 21.9 Å². The zero-order valence-corrected chi connectivity index (χ0v) is 13.8. The summed E-state index contributed by atoms with van der Waals surface area (Å²) in [5.41, 5.74) is 0. The molecule has 0 saturated carbocycles. The molecule has 126 valence electrons. The summed E-state index contributed by atoms with van der Waals surface area (Å²) in [6, 6.07) is 5.34. The summed E-state index contributed by atoms with van der Waals surface area (Å²) >= 11 is 0. The molecule has 1 aromatic rings. The minimum absolute atomic E-state index is 0.0816. The molecule has 1 aromatic heterocycles. The van der Waals surface area contributed by atoms with E-state index in [4.69, 9.17) is 0 Å². The van der Waals surface area contributed by atoms with Crippen LogP contribution in [0.4, 0.5) is 5.82 Å². The Kier molecular flexibility index (Phi) is 4.93. The van der Waals surface area contributed by atoms with Gasteiger partial charge in [0, 0.05) is 38.3 Å². The molecule has 1 N–H and O–H groups in total. The van der Waals surface area contributed by atoms with Crippen molar-refractivity contribution in [3.63, 3.8) is 0 Å². The van der Waals surface area contributed by atoms with E-state index in [2.05, 4.69) is 10.3 Å². The van der Waals surface area contributed by atoms with Gasteiger partial charge in [0.2, 0.25) is 5.91 Å². The number of carbonyl (C=O) groups is 1. The molecule has 2 aliphatic rings. The van der Waals surface area contributed by atoms with Crippen molar-refractivity contribution in [2.45, 2.75) is 25.7 Å². The Labute approximate surface area is 136 Å². The highest BCUT2D eigenvalue weighted by molar-refractivity contribution is 7.86. The van der Waals surface area contributed by atoms with Crippen molar-refractivity contribution in [2.75, 3.05) is 31.5 Å². The standard InChI is InChI=1S/C15H22N4O3S/c20-15(17-14-5-1-2-8-16-14)13-6-11-19(12-7-13)23(21,22)18-9-3-4-10-18/h1-2,5,8,13H,3-4,6-7,9-12H2,(H,16,17,20). The third-order valence-corrected chi connectivity index (χ3v) is 6.49. The van der Waals surface area contributed by atoms with Crippen LogP contribution in [-0.2, 0) is 15.0 Å². The summed E-state index contributed by atoms with van der Waals surface area (Å²) in [5.74, 6) is 0.286. The summed E-state index contributed by atoms with van der Waals surface area (Å²) in [6.45, 7) is 2.03. The third-order valence-electron chi connectivity index (χ3n) is 4.46. The lowest BCUT2D eigenvalue weighted by Crippen LogP contribution is -2.47. The Morgan fingerprint density at radius 2 is 1.74 bits per heavy atom. The molecule has 3 heterocycles. The molecule has 0 spiro atoms. The smallest absolute Gasteiger partial charge is 0.281 e. The zero-order chi connectivity index (χ0) is 16.3. The SMILES string of the molecule is O=C(Nc1ccccn1)C1CCN(S(=O)(=O)N2CCCC2)CC1. The van der Waals surface area contributed by atoms with E-state index in [0.717, 1.165) is 12.8 Å². The van der Waals surface area contributed by atoms with Crippen molar-refractivity contribution in [1.29, 1.82) is 0 Å². The fourth-order valence-electron chi connectivity index (χ4n) is 3.10. The molecule has 2 aliphatic heterocycles. The maximum absolute atomic E-state index is 12.5. The van der Waals surface area contributed by atoms with E-state index < -0.39 is 10.2 Å². The average Bonchev–Trinajstić information content (AvgIpc) is 3.11. The summed E-state index contributed by atoms with van der Waals surface area (Å²) in [5, 5.41) is 2.79. The third kappa shape index (κ3) is 3.70. The summed E-state index contributed by atoms with van der Waals surface area (Å²) < 4.78 is 28.1. The number of rotatable bonds is 4. The van der Waals surface area contributed by atoms with Crippen LogP contribution in [0.3, 0.4) is 0 Å². The van der Waals surface area contributed by atoms with Gasteiger partial charge in [-0.05, 0) is 37.8 Å². The second-order valence-electron chi connectivity index (χ2n) is 5.99. The van der Waals surface area contributed by atoms with Gasteiger partial charge in [0.15, 0.2) is 0 Å². The van der Waals surface area contributed by atoms with Gasteiger partial charge in [-0.25, -0.2) is 4.98 Å². The Balaban J connectivity index is 1.55. The van der Waals surface area contributed by atoms with E-state index in [0.29, 0.717) is 44.8 Å². The number of aromatic nitrogens is 1. The van der Waals surface area contributed by atoms with E-state index in [9.17, 15) is 13.2 Å². The molecule has 2 fully saturated rings. The van der Waals surface area contributed by atoms with E-state index in [1.807, 2.05) is 6.07 Å². The molecule has 2 saturated heterocycles. The van der Waals surface area contributed by atoms with Gasteiger partial charge >= 0.3 is 0 Å². The molecule has 3 rings (SSSR count). The van der Waals surface area contributed by atoms with Gasteiger partial charge in [0.1, 0.15) is 5.82 Å². The van der Waals surface area contributed by atoms with Gasteiger partial charge in [-0.15, -0.1) is 0 Å². The molecule has 0 radical (unpaired) electrons. The van der Waals surface area contributed by atoms with E-state index in [1.165, 1.54) is 4.31 Å². The lowest BCUT2D eigenvalue weighted by atomic mass is 9.97. The first-order valence-electron chi connectivity index (χ1n) is 8.04. The van der Waals surface area contributed by atoms with Crippen LogP contribution >= 0.6 is 0 Å². The van der Waals surface area contributed by atoms with Crippen molar-refractivity contribution in [3.8, 4) is 0 Å². The monoisotopic (exact) mass is 338 g/mol. The number of nitrogens with zero attached hydrogens (tertiary/aromatic N) is 3. The molecular formula is C15H22N4O3S. The molecule has 0 aliphatic carbocycles. The first-order chi connectivity index (χ1) is 11.1. The lowest BCUT2D eigenvalue weighted by Gasteiger charge is -2.33. The van der Waals surface area contributed by atoms with Crippen molar-refractivity contribution in [2.24, 2.45) is 5.92 Å². The normalized spacial score (nSPS) is 21.4. The van der Waals surface area contributed by atoms with Gasteiger partial charge in [0.25, 0.3) is 10.2 Å². The predicted octanol–water partition coefficient (Wildman–Crippen LogP) is 1.07. The maximum Gasteiger partial charge on any atom is 0.281 e. The minimum atomic E-state index is -3.35. The molecular weight excluding hydrogens is 316 g/mol. The first-order valence-corrected chi connectivity index (χ1v) is 9.44. The quantitative estimate of drug-likeness (QED) is 0.890. The number of pyridine rings is 1. The van der Waals surface area contributed by atoms with E-state index in [1.54, 1.807) is 22.6 Å². The molecule has 1 amide bonds. The molecule has 0 bridgehead atoms. The molecule has 0 atom stereocenters. The van der Waals surface area contributed by atoms with Crippen LogP contribution in [0.5, 0.6) is 0 Å². The summed E-state index contributed by atoms with van der Waals surface area (Å²) in [6.07, 6.45) is 4.59. The van der Waals surface area contributed by atoms with Crippen LogP contribution in [0.15, 0.2) is 24.4 Å². The molecule has 0 unspecified atom stereocenters. The summed E-state index contributed by atoms with van der Waals surface area (Å²) in [7, 11) is -3.35. The van der Waals surface area contributed by atoms with Gasteiger partial charge in [-0.1, -0.05) is 6.07 Å². The molecule has 23 heavy (non-hydrogen) atoms. The molecule has 0 aromatic carbocycles. The Hall–Kier alpha value is -1.51. The topological polar surface area (TPSA) is 82.6 Å². The summed E-state index contributed by atoms with van der Waals surface area (Å²) in [4.78, 5) is 16.3. The van der Waals surface area contributed by atoms with Gasteiger partial charge in [-0.3, -0.25) is 4.79 Å². The molecule has 7 nitrogen and oxygen atoms in total. The number of amides is 1. The van der Waals surface area contributed by atoms with Crippen LogP contribution in [-0.4, -0.2) is 54.1 Å². The highest BCUT2D eigenvalue weighted by Crippen LogP contribution is 2.24. The fraction of sp³-hybridized carbons (Fsp3) is 0.600. The van der Waals surface area contributed by atoms with Crippen LogP contribution in [0, 0.1) is 5.92 Å². The fourth-order valence-corrected chi connectivity index (χ4v) is 4.81. The van der Waals surface area contributed by atoms with Crippen molar-refractivity contribution < 1.29 is 13.2 Å². The van der Waals surface area contributed by atoms with Crippen LogP contribution in [0.1, 0.15) is 25.7 Å². The number of nitrogens with one attached hydrogen (secondary N) is 1. The number of hydrogen-bond acceptors (Lipinski definition) is 4. The van der Waals surface area contributed by atoms with E-state index in [-0.39, 0.29) is 11.8 Å². The highest BCUT2D eigenvalue weighted by atomic mass is 32.2. The van der Waals surface area contributed by atoms with Crippen LogP contribution in [0.2, 0.25) is 0 Å². The zero-order valence-electron chi connectivity index (χ0n) is 13.0. The highest BCUT2D eigenvalue weighted by Gasteiger charge is 2.35. The van der Waals surface area contributed by atoms with Crippen molar-refractivity contribution in [3.05, 3.63) is 24.4 Å². The van der Waals surface area contributed by atoms with Gasteiger partial charge < -0.3 is 5.32 Å². The average molecular weight is 338 g/mol. The lowest BCUT2D eigenvalue weighted by molar-refractivity contribution is -0.120. The second-order valence-corrected chi connectivity index (χ2v) is 7.92. The molecule has 8 heteroatoms. The number of carbonyl (C=O) groups excluding carboxylic acids is 1. The number of anilines is 1. The Bertz CT molecular complexity index is 636. The Morgan fingerprint density at radius 3 is 2.35 bits per heavy atom. The largest absolute Gasteiger partial charge is 0.310 e. The van der Waals surface area contributed by atoms with Gasteiger partial charge in [0.05, 0.1) is 0 Å². The Morgan fingerprint density at radius 1 is 1.09 bits per heavy atom. The number of piperidine rings is 1. The second kappa shape index (κ2) is 6.94. The van der Waals surface area contributed by atoms with Crippen LogP contribution in [0.25, 0.3) is 0 Å².